The highest BCUT2D eigenvalue weighted by molar-refractivity contribution is 7.80. The first-order valence-electron chi connectivity index (χ1n) is 3.88. The quantitative estimate of drug-likeness (QED) is 0.382. The summed E-state index contributed by atoms with van der Waals surface area (Å²) in [6, 6.07) is -0.391. The Bertz CT molecular complexity index is 266. The molecule has 1 heterocycles. The van der Waals surface area contributed by atoms with E-state index < -0.39 is 6.04 Å². The molecule has 0 spiro atoms. The van der Waals surface area contributed by atoms with Gasteiger partial charge in [0.1, 0.15) is 12.6 Å². The van der Waals surface area contributed by atoms with Crippen LogP contribution >= 0.6 is 12.2 Å². The van der Waals surface area contributed by atoms with E-state index in [1.165, 1.54) is 0 Å². The summed E-state index contributed by atoms with van der Waals surface area (Å²) in [6.45, 7) is 1.83. The number of carbonyl (C=O) groups excluding carboxylic acids is 2. The molecule has 1 unspecified atom stereocenters. The Labute approximate surface area is 81.5 Å². The van der Waals surface area contributed by atoms with Gasteiger partial charge in [0.05, 0.1) is 0 Å². The molecule has 1 rings (SSSR count). The zero-order valence-electron chi connectivity index (χ0n) is 7.46. The lowest BCUT2D eigenvalue weighted by molar-refractivity contribution is -0.137. The van der Waals surface area contributed by atoms with Crippen LogP contribution in [0.1, 0.15) is 6.92 Å². The van der Waals surface area contributed by atoms with Crippen molar-refractivity contribution in [3.8, 4) is 0 Å². The topological polar surface area (TPSA) is 61.4 Å². The molecule has 0 bridgehead atoms. The van der Waals surface area contributed by atoms with Crippen molar-refractivity contribution < 1.29 is 9.59 Å². The Morgan fingerprint density at radius 2 is 2.31 bits per heavy atom. The molecule has 0 aliphatic carbocycles. The van der Waals surface area contributed by atoms with Crippen molar-refractivity contribution in [2.24, 2.45) is 0 Å². The van der Waals surface area contributed by atoms with Crippen molar-refractivity contribution in [1.82, 2.24) is 15.5 Å². The predicted molar refractivity (Wildman–Crippen MR) is 51.0 cm³/mol. The fraction of sp³-hybridized carbons (Fsp3) is 0.571. The van der Waals surface area contributed by atoms with Crippen LogP contribution in [0.3, 0.4) is 0 Å². The minimum atomic E-state index is -0.391. The third-order valence-corrected chi connectivity index (χ3v) is 2.34. The molecule has 2 N–H and O–H groups in total. The van der Waals surface area contributed by atoms with Crippen molar-refractivity contribution in [2.45, 2.75) is 13.0 Å². The first-order valence-corrected chi connectivity index (χ1v) is 4.29. The highest BCUT2D eigenvalue weighted by atomic mass is 32.1. The van der Waals surface area contributed by atoms with Gasteiger partial charge >= 0.3 is 0 Å². The summed E-state index contributed by atoms with van der Waals surface area (Å²) in [5.41, 5.74) is 0. The van der Waals surface area contributed by atoms with Gasteiger partial charge in [0.15, 0.2) is 5.11 Å². The van der Waals surface area contributed by atoms with Gasteiger partial charge in [0.2, 0.25) is 11.8 Å². The molecule has 0 radical (unpaired) electrons. The number of rotatable bonds is 0. The number of nitrogens with one attached hydrogen (secondary N) is 2. The van der Waals surface area contributed by atoms with Gasteiger partial charge in [-0.05, 0) is 19.1 Å². The van der Waals surface area contributed by atoms with Crippen LogP contribution in [0.15, 0.2) is 0 Å². The van der Waals surface area contributed by atoms with Crippen LogP contribution in [0.25, 0.3) is 0 Å². The number of imide groups is 1. The van der Waals surface area contributed by atoms with E-state index >= 15 is 0 Å². The summed E-state index contributed by atoms with van der Waals surface area (Å²) in [4.78, 5) is 23.7. The number of thiocarbonyl (C=S) groups is 1. The summed E-state index contributed by atoms with van der Waals surface area (Å²) >= 11 is 4.94. The zero-order valence-corrected chi connectivity index (χ0v) is 8.27. The maximum Gasteiger partial charge on any atom is 0.249 e. The molecular formula is C7H11N3O2S. The highest BCUT2D eigenvalue weighted by Gasteiger charge is 2.31. The van der Waals surface area contributed by atoms with Crippen LogP contribution in [0.5, 0.6) is 0 Å². The molecule has 0 aromatic carbocycles. The van der Waals surface area contributed by atoms with Gasteiger partial charge in [0, 0.05) is 7.05 Å². The normalized spacial score (nSPS) is 22.6. The smallest absolute Gasteiger partial charge is 0.249 e. The van der Waals surface area contributed by atoms with E-state index in [4.69, 9.17) is 12.2 Å². The first-order chi connectivity index (χ1) is 6.06. The molecule has 1 atom stereocenters. The lowest BCUT2D eigenvalue weighted by atomic mass is 10.2. The number of carbonyl (C=O) groups is 2. The summed E-state index contributed by atoms with van der Waals surface area (Å²) in [7, 11) is 1.66. The molecule has 0 aromatic heterocycles. The number of amides is 2. The Hall–Kier alpha value is -1.17. The zero-order chi connectivity index (χ0) is 10.0. The largest absolute Gasteiger partial charge is 0.366 e. The molecule has 6 heteroatoms. The minimum Gasteiger partial charge on any atom is -0.366 e. The molecule has 0 saturated carbocycles. The molecule has 2 amide bonds. The average molecular weight is 201 g/mol. The molecular weight excluding hydrogens is 190 g/mol. The SMILES string of the molecule is CNC(=S)N1CC(=O)NC(=O)C1C. The Morgan fingerprint density at radius 1 is 1.69 bits per heavy atom. The van der Waals surface area contributed by atoms with Crippen molar-refractivity contribution >= 4 is 29.1 Å². The molecule has 1 aliphatic heterocycles. The Morgan fingerprint density at radius 3 is 2.85 bits per heavy atom. The van der Waals surface area contributed by atoms with Gasteiger partial charge in [-0.3, -0.25) is 14.9 Å². The molecule has 72 valence electrons. The summed E-state index contributed by atoms with van der Waals surface area (Å²) in [6.07, 6.45) is 0. The monoisotopic (exact) mass is 201 g/mol. The van der Waals surface area contributed by atoms with Gasteiger partial charge in [-0.25, -0.2) is 0 Å². The minimum absolute atomic E-state index is 0.132. The van der Waals surface area contributed by atoms with Crippen LogP contribution in [0.4, 0.5) is 0 Å². The van der Waals surface area contributed by atoms with Crippen molar-refractivity contribution in [1.29, 1.82) is 0 Å². The third kappa shape index (κ3) is 1.95. The Kier molecular flexibility index (Phi) is 2.82. The summed E-state index contributed by atoms with van der Waals surface area (Å²) < 4.78 is 0. The van der Waals surface area contributed by atoms with Gasteiger partial charge in [0.25, 0.3) is 0 Å². The molecule has 13 heavy (non-hydrogen) atoms. The average Bonchev–Trinajstić information content (AvgIpc) is 2.10. The number of hydrogen-bond acceptors (Lipinski definition) is 3. The fourth-order valence-corrected chi connectivity index (χ4v) is 1.33. The second kappa shape index (κ2) is 3.69. The van der Waals surface area contributed by atoms with Crippen LogP contribution in [-0.4, -0.2) is 41.5 Å². The van der Waals surface area contributed by atoms with Crippen LogP contribution in [0.2, 0.25) is 0 Å². The Balaban J connectivity index is 2.77. The maximum atomic E-state index is 11.2. The van der Waals surface area contributed by atoms with Crippen LogP contribution in [-0.2, 0) is 9.59 Å². The number of nitrogens with zero attached hydrogens (tertiary/aromatic N) is 1. The number of piperazine rings is 1. The molecule has 5 nitrogen and oxygen atoms in total. The lowest BCUT2D eigenvalue weighted by Crippen LogP contribution is -2.60. The van der Waals surface area contributed by atoms with Crippen LogP contribution < -0.4 is 10.6 Å². The second-order valence-electron chi connectivity index (χ2n) is 2.77. The van der Waals surface area contributed by atoms with Crippen molar-refractivity contribution in [3.05, 3.63) is 0 Å². The first kappa shape index (κ1) is 9.91. The van der Waals surface area contributed by atoms with E-state index in [1.54, 1.807) is 18.9 Å². The van der Waals surface area contributed by atoms with Gasteiger partial charge in [-0.2, -0.15) is 0 Å². The molecule has 1 fully saturated rings. The molecule has 1 saturated heterocycles. The number of hydrogen-bond donors (Lipinski definition) is 2. The van der Waals surface area contributed by atoms with Gasteiger partial charge in [-0.15, -0.1) is 0 Å². The van der Waals surface area contributed by atoms with E-state index in [1.807, 2.05) is 0 Å². The third-order valence-electron chi connectivity index (χ3n) is 1.90. The lowest BCUT2D eigenvalue weighted by Gasteiger charge is -2.33. The second-order valence-corrected chi connectivity index (χ2v) is 3.16. The van der Waals surface area contributed by atoms with E-state index in [2.05, 4.69) is 10.6 Å². The van der Waals surface area contributed by atoms with Gasteiger partial charge < -0.3 is 10.2 Å². The summed E-state index contributed by atoms with van der Waals surface area (Å²) in [5.74, 6) is -0.630. The van der Waals surface area contributed by atoms with E-state index in [0.717, 1.165) is 0 Å². The maximum absolute atomic E-state index is 11.2. The van der Waals surface area contributed by atoms with E-state index in [0.29, 0.717) is 5.11 Å². The van der Waals surface area contributed by atoms with E-state index in [-0.39, 0.29) is 18.4 Å². The predicted octanol–water partition coefficient (Wildman–Crippen LogP) is -1.16. The van der Waals surface area contributed by atoms with Crippen molar-refractivity contribution in [2.75, 3.05) is 13.6 Å². The van der Waals surface area contributed by atoms with Crippen LogP contribution in [0, 0.1) is 0 Å². The highest BCUT2D eigenvalue weighted by Crippen LogP contribution is 2.04. The fourth-order valence-electron chi connectivity index (χ4n) is 1.11. The van der Waals surface area contributed by atoms with Crippen molar-refractivity contribution in [3.63, 3.8) is 0 Å². The van der Waals surface area contributed by atoms with Gasteiger partial charge in [-0.1, -0.05) is 0 Å². The molecule has 1 aliphatic rings. The van der Waals surface area contributed by atoms with E-state index in [9.17, 15) is 9.59 Å². The summed E-state index contributed by atoms with van der Waals surface area (Å²) in [5, 5.41) is 5.38. The molecule has 0 aromatic rings. The standard InChI is InChI=1S/C7H11N3O2S/c1-4-6(12)9-5(11)3-10(4)7(13)8-2/h4H,3H2,1-2H3,(H,8,13)(H,9,11,12).